The zero-order valence-electron chi connectivity index (χ0n) is 23.0. The van der Waals surface area contributed by atoms with Crippen LogP contribution in [0.15, 0.2) is 23.1 Å². The van der Waals surface area contributed by atoms with E-state index in [1.54, 1.807) is 0 Å². The van der Waals surface area contributed by atoms with E-state index in [9.17, 15) is 35.9 Å². The van der Waals surface area contributed by atoms with Gasteiger partial charge in [-0.3, -0.25) is 4.79 Å². The Morgan fingerprint density at radius 2 is 1.95 bits per heavy atom. The lowest BCUT2D eigenvalue weighted by Gasteiger charge is -2.38. The van der Waals surface area contributed by atoms with Crippen molar-refractivity contribution >= 4 is 17.6 Å². The summed E-state index contributed by atoms with van der Waals surface area (Å²) in [5, 5.41) is 15.5. The molecule has 0 bridgehead atoms. The number of nitrogens with zero attached hydrogens (tertiary/aromatic N) is 6. The minimum Gasteiger partial charge on any atom is -0.382 e. The van der Waals surface area contributed by atoms with Crippen molar-refractivity contribution in [1.29, 1.82) is 0 Å². The zero-order valence-corrected chi connectivity index (χ0v) is 23.0. The summed E-state index contributed by atoms with van der Waals surface area (Å²) in [7, 11) is 1.35. The first-order chi connectivity index (χ1) is 20.2. The molecule has 234 valence electrons. The monoisotopic (exact) mass is 618 g/mol. The maximum absolute atomic E-state index is 14.1. The van der Waals surface area contributed by atoms with Gasteiger partial charge in [0.25, 0.3) is 17.8 Å². The molecular formula is C25H28F6N8O4. The summed E-state index contributed by atoms with van der Waals surface area (Å²) in [6.45, 7) is -1.28. The van der Waals surface area contributed by atoms with E-state index in [1.807, 2.05) is 0 Å². The number of rotatable bonds is 9. The van der Waals surface area contributed by atoms with Gasteiger partial charge in [0.05, 0.1) is 49.9 Å². The zero-order chi connectivity index (χ0) is 31.2. The van der Waals surface area contributed by atoms with Gasteiger partial charge in [0.2, 0.25) is 11.6 Å². The van der Waals surface area contributed by atoms with Crippen molar-refractivity contribution in [2.24, 2.45) is 5.92 Å². The number of fused-ring (bicyclic) bond motifs is 1. The van der Waals surface area contributed by atoms with Crippen molar-refractivity contribution in [2.45, 2.75) is 62.5 Å². The second-order valence-electron chi connectivity index (χ2n) is 10.9. The molecule has 0 aromatic carbocycles. The van der Waals surface area contributed by atoms with Crippen LogP contribution in [0.3, 0.4) is 0 Å². The second kappa shape index (κ2) is 11.3. The maximum atomic E-state index is 14.1. The molecule has 2 atom stereocenters. The van der Waals surface area contributed by atoms with Gasteiger partial charge in [-0.15, -0.1) is 0 Å². The average Bonchev–Trinajstić information content (AvgIpc) is 3.59. The minimum atomic E-state index is -3.55. The molecule has 4 heterocycles. The normalized spacial score (nSPS) is 20.6. The molecule has 1 aliphatic carbocycles. The maximum Gasteiger partial charge on any atom is 0.318 e. The van der Waals surface area contributed by atoms with E-state index in [-0.39, 0.29) is 30.8 Å². The van der Waals surface area contributed by atoms with Crippen molar-refractivity contribution in [3.05, 3.63) is 41.1 Å². The van der Waals surface area contributed by atoms with Crippen LogP contribution in [0.4, 0.5) is 31.1 Å². The SMILES string of the molecule is COC[C@H](c1cnn2cc([C@@H](NC(=O)c3nonc3C(C)(F)F)C3CCC(F)(F)CC3)nc2c1)N1CC(F)(F)CNC1=O. The van der Waals surface area contributed by atoms with Gasteiger partial charge in [-0.05, 0) is 35.1 Å². The topological polar surface area (TPSA) is 140 Å². The third kappa shape index (κ3) is 6.52. The summed E-state index contributed by atoms with van der Waals surface area (Å²) in [5.74, 6) is -11.2. The standard InChI is InChI=1S/C25H28F6N8O4/c1-23(26,27)20-19(36-43-37-20)21(40)35-18(13-3-5-24(28,29)6-4-13)15-9-39-17(34-15)7-14(8-33-39)16(10-42-2)38-12-25(30,31)11-32-22(38)41/h7-9,13,16,18H,3-6,10-12H2,1-2H3,(H,32,41)(H,35,40)/t16-,18+/m1/s1. The van der Waals surface area contributed by atoms with Crippen LogP contribution in [0.5, 0.6) is 0 Å². The highest BCUT2D eigenvalue weighted by atomic mass is 19.3. The van der Waals surface area contributed by atoms with Crippen LogP contribution < -0.4 is 10.6 Å². The molecule has 3 aromatic rings. The van der Waals surface area contributed by atoms with Crippen LogP contribution >= 0.6 is 0 Å². The average molecular weight is 619 g/mol. The van der Waals surface area contributed by atoms with E-state index in [4.69, 9.17) is 4.74 Å². The summed E-state index contributed by atoms with van der Waals surface area (Å²) in [4.78, 5) is 31.0. The number of carbonyl (C=O) groups is 2. The highest BCUT2D eigenvalue weighted by molar-refractivity contribution is 5.93. The predicted octanol–water partition coefficient (Wildman–Crippen LogP) is 3.87. The quantitative estimate of drug-likeness (QED) is 0.345. The highest BCUT2D eigenvalue weighted by Crippen LogP contribution is 2.41. The van der Waals surface area contributed by atoms with Crippen LogP contribution in [0, 0.1) is 5.92 Å². The van der Waals surface area contributed by atoms with Gasteiger partial charge in [-0.1, -0.05) is 0 Å². The Bertz CT molecular complexity index is 1480. The van der Waals surface area contributed by atoms with E-state index in [0.29, 0.717) is 12.5 Å². The lowest BCUT2D eigenvalue weighted by Crippen LogP contribution is -2.58. The molecular weight excluding hydrogens is 590 g/mol. The number of alkyl halides is 6. The molecule has 3 aromatic heterocycles. The van der Waals surface area contributed by atoms with Crippen molar-refractivity contribution in [3.8, 4) is 0 Å². The van der Waals surface area contributed by atoms with Crippen molar-refractivity contribution in [2.75, 3.05) is 26.8 Å². The van der Waals surface area contributed by atoms with Gasteiger partial charge < -0.3 is 20.3 Å². The molecule has 5 rings (SSSR count). The van der Waals surface area contributed by atoms with Gasteiger partial charge >= 0.3 is 6.03 Å². The Morgan fingerprint density at radius 3 is 2.63 bits per heavy atom. The first-order valence-electron chi connectivity index (χ1n) is 13.3. The fourth-order valence-electron chi connectivity index (χ4n) is 5.37. The molecule has 3 amide bonds. The predicted molar refractivity (Wildman–Crippen MR) is 134 cm³/mol. The van der Waals surface area contributed by atoms with E-state index < -0.39 is 85.0 Å². The third-order valence-electron chi connectivity index (χ3n) is 7.56. The summed E-state index contributed by atoms with van der Waals surface area (Å²) in [6.07, 6.45) is 1.85. The summed E-state index contributed by atoms with van der Waals surface area (Å²) >= 11 is 0. The summed E-state index contributed by atoms with van der Waals surface area (Å²) < 4.78 is 95.1. The van der Waals surface area contributed by atoms with Crippen molar-refractivity contribution in [3.63, 3.8) is 0 Å². The Hall–Kier alpha value is -3.96. The highest BCUT2D eigenvalue weighted by Gasteiger charge is 2.43. The van der Waals surface area contributed by atoms with Crippen LogP contribution in [-0.2, 0) is 10.7 Å². The molecule has 2 fully saturated rings. The second-order valence-corrected chi connectivity index (χ2v) is 10.9. The van der Waals surface area contributed by atoms with Gasteiger partial charge in [0.15, 0.2) is 11.3 Å². The lowest BCUT2D eigenvalue weighted by atomic mass is 9.81. The number of urea groups is 1. The van der Waals surface area contributed by atoms with Gasteiger partial charge in [0.1, 0.15) is 0 Å². The number of hydrogen-bond donors (Lipinski definition) is 2. The van der Waals surface area contributed by atoms with Crippen molar-refractivity contribution in [1.82, 2.24) is 40.4 Å². The Morgan fingerprint density at radius 1 is 1.23 bits per heavy atom. The smallest absolute Gasteiger partial charge is 0.318 e. The molecule has 1 saturated heterocycles. The summed E-state index contributed by atoms with van der Waals surface area (Å²) in [5.41, 5.74) is -1.07. The van der Waals surface area contributed by atoms with E-state index in [1.165, 1.54) is 30.1 Å². The minimum absolute atomic E-state index is 0.00739. The van der Waals surface area contributed by atoms with Crippen LogP contribution in [-0.4, -0.2) is 80.4 Å². The molecule has 12 nitrogen and oxygen atoms in total. The van der Waals surface area contributed by atoms with Crippen LogP contribution in [0.25, 0.3) is 5.65 Å². The molecule has 0 spiro atoms. The first-order valence-corrected chi connectivity index (χ1v) is 13.3. The number of halogens is 6. The number of hydrogen-bond acceptors (Lipinski definition) is 8. The third-order valence-corrected chi connectivity index (χ3v) is 7.56. The number of amides is 3. The molecule has 2 aliphatic rings. The van der Waals surface area contributed by atoms with E-state index >= 15 is 0 Å². The fourth-order valence-corrected chi connectivity index (χ4v) is 5.37. The Kier molecular flexibility index (Phi) is 8.00. The van der Waals surface area contributed by atoms with Gasteiger partial charge in [-0.2, -0.15) is 13.9 Å². The van der Waals surface area contributed by atoms with Gasteiger partial charge in [0, 0.05) is 32.4 Å². The van der Waals surface area contributed by atoms with Crippen molar-refractivity contribution < 1.29 is 45.3 Å². The molecule has 0 unspecified atom stereocenters. The summed E-state index contributed by atoms with van der Waals surface area (Å²) in [6, 6.07) is -1.21. The molecule has 18 heteroatoms. The molecule has 2 N–H and O–H groups in total. The number of nitrogens with one attached hydrogen (secondary N) is 2. The van der Waals surface area contributed by atoms with Crippen LogP contribution in [0.1, 0.15) is 72.1 Å². The number of carbonyl (C=O) groups excluding carboxylic acids is 2. The van der Waals surface area contributed by atoms with E-state index in [0.717, 1.165) is 4.90 Å². The largest absolute Gasteiger partial charge is 0.382 e. The fraction of sp³-hybridized carbons (Fsp3) is 0.600. The molecule has 0 radical (unpaired) electrons. The first kappa shape index (κ1) is 30.5. The lowest BCUT2D eigenvalue weighted by molar-refractivity contribution is -0.0510. The number of ether oxygens (including phenoxy) is 1. The van der Waals surface area contributed by atoms with Gasteiger partial charge in [-0.25, -0.2) is 36.5 Å². The molecule has 43 heavy (non-hydrogen) atoms. The Balaban J connectivity index is 1.48. The molecule has 1 saturated carbocycles. The number of imidazole rings is 1. The number of methoxy groups -OCH3 is 1. The van der Waals surface area contributed by atoms with Crippen LogP contribution in [0.2, 0.25) is 0 Å². The number of aromatic nitrogens is 5. The molecule has 1 aliphatic heterocycles. The van der Waals surface area contributed by atoms with E-state index in [2.05, 4.69) is 35.7 Å². The Labute approximate surface area is 240 Å².